The van der Waals surface area contributed by atoms with Gasteiger partial charge in [-0.05, 0) is 13.3 Å². The minimum absolute atomic E-state index is 0.0696. The Morgan fingerprint density at radius 2 is 1.79 bits per heavy atom. The summed E-state index contributed by atoms with van der Waals surface area (Å²) in [5.74, 6) is 0. The van der Waals surface area contributed by atoms with Crippen LogP contribution in [0, 0.1) is 0 Å². The maximum Gasteiger partial charge on any atom is 0.500 e. The van der Waals surface area contributed by atoms with Crippen LogP contribution in [0.5, 0.6) is 0 Å². The van der Waals surface area contributed by atoms with Crippen LogP contribution in [0.3, 0.4) is 0 Å². The highest BCUT2D eigenvalue weighted by Gasteiger charge is 2.37. The second kappa shape index (κ2) is 6.86. The van der Waals surface area contributed by atoms with E-state index in [1.165, 1.54) is 6.08 Å². The largest absolute Gasteiger partial charge is 0.500 e. The fourth-order valence-corrected chi connectivity index (χ4v) is 2.98. The molecule has 0 bridgehead atoms. The van der Waals surface area contributed by atoms with E-state index in [-0.39, 0.29) is 6.04 Å². The summed E-state index contributed by atoms with van der Waals surface area (Å²) in [5, 5.41) is 0. The number of isocyanates is 1. The van der Waals surface area contributed by atoms with E-state index in [2.05, 4.69) is 4.99 Å². The lowest BCUT2D eigenvalue weighted by molar-refractivity contribution is 0.122. The SMILES string of the molecule is CO[Si](CCC(C)N=C=O)(OC)OC. The third-order valence-corrected chi connectivity index (χ3v) is 4.84. The maximum atomic E-state index is 9.97. The van der Waals surface area contributed by atoms with Gasteiger partial charge in [0.05, 0.1) is 6.04 Å². The molecule has 0 N–H and O–H groups in total. The number of hydrogen-bond donors (Lipinski definition) is 0. The van der Waals surface area contributed by atoms with Gasteiger partial charge >= 0.3 is 8.80 Å². The van der Waals surface area contributed by atoms with E-state index in [0.29, 0.717) is 12.5 Å². The van der Waals surface area contributed by atoms with Crippen molar-refractivity contribution >= 4 is 14.9 Å². The van der Waals surface area contributed by atoms with E-state index in [1.54, 1.807) is 21.3 Å². The molecule has 0 radical (unpaired) electrons. The van der Waals surface area contributed by atoms with E-state index >= 15 is 0 Å². The van der Waals surface area contributed by atoms with Gasteiger partial charge in [0.25, 0.3) is 0 Å². The second-order valence-electron chi connectivity index (χ2n) is 2.90. The van der Waals surface area contributed by atoms with Gasteiger partial charge in [-0.1, -0.05) is 0 Å². The van der Waals surface area contributed by atoms with E-state index in [0.717, 1.165) is 0 Å². The molecule has 0 aliphatic heterocycles. The third kappa shape index (κ3) is 4.12. The van der Waals surface area contributed by atoms with Crippen LogP contribution >= 0.6 is 0 Å². The first-order chi connectivity index (χ1) is 6.64. The van der Waals surface area contributed by atoms with Gasteiger partial charge in [0.2, 0.25) is 6.08 Å². The molecule has 5 nitrogen and oxygen atoms in total. The number of rotatable bonds is 7. The maximum absolute atomic E-state index is 9.97. The fourth-order valence-electron chi connectivity index (χ4n) is 1.10. The van der Waals surface area contributed by atoms with Crippen molar-refractivity contribution in [3.63, 3.8) is 0 Å². The van der Waals surface area contributed by atoms with Crippen LogP contribution in [0.15, 0.2) is 4.99 Å². The van der Waals surface area contributed by atoms with Crippen LogP contribution in [0.25, 0.3) is 0 Å². The summed E-state index contributed by atoms with van der Waals surface area (Å²) >= 11 is 0. The first-order valence-corrected chi connectivity index (χ1v) is 6.29. The molecule has 0 rings (SSSR count). The molecule has 0 aromatic carbocycles. The average molecular weight is 219 g/mol. The predicted molar refractivity (Wildman–Crippen MR) is 53.8 cm³/mol. The Hall–Kier alpha value is -0.523. The number of nitrogens with zero attached hydrogens (tertiary/aromatic N) is 1. The molecule has 82 valence electrons. The van der Waals surface area contributed by atoms with Gasteiger partial charge in [-0.3, -0.25) is 0 Å². The molecule has 0 saturated carbocycles. The van der Waals surface area contributed by atoms with Crippen molar-refractivity contribution in [3.05, 3.63) is 0 Å². The van der Waals surface area contributed by atoms with Gasteiger partial charge in [0.15, 0.2) is 0 Å². The molecule has 0 spiro atoms. The Morgan fingerprint density at radius 3 is 2.14 bits per heavy atom. The van der Waals surface area contributed by atoms with Crippen LogP contribution < -0.4 is 0 Å². The van der Waals surface area contributed by atoms with Crippen LogP contribution in [0.2, 0.25) is 6.04 Å². The molecule has 14 heavy (non-hydrogen) atoms. The summed E-state index contributed by atoms with van der Waals surface area (Å²) in [4.78, 5) is 13.6. The minimum Gasteiger partial charge on any atom is -0.377 e. The Bertz CT molecular complexity index is 193. The molecule has 0 aromatic heterocycles. The zero-order valence-corrected chi connectivity index (χ0v) is 10.1. The topological polar surface area (TPSA) is 57.1 Å². The Balaban J connectivity index is 4.11. The van der Waals surface area contributed by atoms with Crippen LogP contribution in [0.4, 0.5) is 0 Å². The van der Waals surface area contributed by atoms with Gasteiger partial charge in [0.1, 0.15) is 0 Å². The molecule has 0 heterocycles. The van der Waals surface area contributed by atoms with E-state index in [9.17, 15) is 4.79 Å². The van der Waals surface area contributed by atoms with Gasteiger partial charge in [0, 0.05) is 27.4 Å². The highest BCUT2D eigenvalue weighted by molar-refractivity contribution is 6.60. The van der Waals surface area contributed by atoms with Crippen molar-refractivity contribution in [1.29, 1.82) is 0 Å². The lowest BCUT2D eigenvalue weighted by Crippen LogP contribution is -2.43. The molecule has 0 saturated heterocycles. The molecule has 0 fully saturated rings. The average Bonchev–Trinajstić information content (AvgIpc) is 2.21. The van der Waals surface area contributed by atoms with Crippen molar-refractivity contribution in [2.45, 2.75) is 25.4 Å². The molecule has 0 aliphatic rings. The molecule has 1 unspecified atom stereocenters. The smallest absolute Gasteiger partial charge is 0.377 e. The van der Waals surface area contributed by atoms with E-state index in [4.69, 9.17) is 13.3 Å². The fraction of sp³-hybridized carbons (Fsp3) is 0.875. The van der Waals surface area contributed by atoms with Crippen molar-refractivity contribution in [3.8, 4) is 0 Å². The van der Waals surface area contributed by atoms with Crippen LogP contribution in [-0.2, 0) is 18.1 Å². The summed E-state index contributed by atoms with van der Waals surface area (Å²) in [6.07, 6.45) is 2.22. The third-order valence-electron chi connectivity index (χ3n) is 2.07. The molecule has 1 atom stereocenters. The van der Waals surface area contributed by atoms with E-state index in [1.807, 2.05) is 6.92 Å². The summed E-state index contributed by atoms with van der Waals surface area (Å²) < 4.78 is 15.7. The molecular formula is C8H17NO4Si. The van der Waals surface area contributed by atoms with Gasteiger partial charge < -0.3 is 13.3 Å². The summed E-state index contributed by atoms with van der Waals surface area (Å²) in [5.41, 5.74) is 0. The standard InChI is InChI=1S/C8H17NO4Si/c1-8(9-7-10)5-6-14(11-2,12-3)13-4/h8H,5-6H2,1-4H3. The first-order valence-electron chi connectivity index (χ1n) is 4.36. The molecule has 6 heteroatoms. The van der Waals surface area contributed by atoms with E-state index < -0.39 is 8.80 Å². The van der Waals surface area contributed by atoms with Crippen molar-refractivity contribution in [2.24, 2.45) is 4.99 Å². The van der Waals surface area contributed by atoms with Crippen molar-refractivity contribution in [2.75, 3.05) is 21.3 Å². The lowest BCUT2D eigenvalue weighted by Gasteiger charge is -2.24. The Kier molecular flexibility index (Phi) is 6.60. The number of aliphatic imine (C=N–C) groups is 1. The molecule has 0 aromatic rings. The van der Waals surface area contributed by atoms with Crippen molar-refractivity contribution in [1.82, 2.24) is 0 Å². The minimum atomic E-state index is -2.50. The van der Waals surface area contributed by atoms with Gasteiger partial charge in [-0.2, -0.15) is 0 Å². The lowest BCUT2D eigenvalue weighted by atomic mass is 10.3. The number of hydrogen-bond acceptors (Lipinski definition) is 5. The summed E-state index contributed by atoms with van der Waals surface area (Å²) in [6, 6.07) is 0.572. The molecule has 0 amide bonds. The summed E-state index contributed by atoms with van der Waals surface area (Å²) in [7, 11) is 2.19. The van der Waals surface area contributed by atoms with Gasteiger partial charge in [-0.15, -0.1) is 0 Å². The van der Waals surface area contributed by atoms with Crippen LogP contribution in [-0.4, -0.2) is 42.3 Å². The molecular weight excluding hydrogens is 202 g/mol. The predicted octanol–water partition coefficient (Wildman–Crippen LogP) is 0.979. The second-order valence-corrected chi connectivity index (χ2v) is 5.99. The zero-order valence-electron chi connectivity index (χ0n) is 9.07. The highest BCUT2D eigenvalue weighted by atomic mass is 28.4. The highest BCUT2D eigenvalue weighted by Crippen LogP contribution is 2.17. The zero-order chi connectivity index (χ0) is 11.0. The Morgan fingerprint density at radius 1 is 1.29 bits per heavy atom. The normalized spacial score (nSPS) is 13.4. The summed E-state index contributed by atoms with van der Waals surface area (Å²) in [6.45, 7) is 1.84. The van der Waals surface area contributed by atoms with Crippen LogP contribution in [0.1, 0.15) is 13.3 Å². The number of carbonyl (C=O) groups excluding carboxylic acids is 1. The van der Waals surface area contributed by atoms with Gasteiger partial charge in [-0.25, -0.2) is 9.79 Å². The molecule has 0 aliphatic carbocycles. The quantitative estimate of drug-likeness (QED) is 0.364. The first kappa shape index (κ1) is 13.5. The van der Waals surface area contributed by atoms with Crippen molar-refractivity contribution < 1.29 is 18.1 Å². The monoisotopic (exact) mass is 219 g/mol. The Labute approximate surface area is 85.4 Å².